The van der Waals surface area contributed by atoms with Crippen molar-refractivity contribution < 1.29 is 38.6 Å². The van der Waals surface area contributed by atoms with E-state index in [0.29, 0.717) is 43.8 Å². The molecular formula is C25H41N5O9S2. The maximum atomic E-state index is 12.2. The minimum absolute atomic E-state index is 0.0611. The van der Waals surface area contributed by atoms with Crippen LogP contribution < -0.4 is 16.0 Å². The Bertz CT molecular complexity index is 950. The molecule has 2 unspecified atom stereocenters. The summed E-state index contributed by atoms with van der Waals surface area (Å²) in [5.41, 5.74) is -0.0611. The summed E-state index contributed by atoms with van der Waals surface area (Å²) >= 11 is 0. The Morgan fingerprint density at radius 3 is 2.37 bits per heavy atom. The molecule has 16 heteroatoms. The number of hydrogen-bond acceptors (Lipinski definition) is 12. The molecule has 41 heavy (non-hydrogen) atoms. The Morgan fingerprint density at radius 1 is 1.12 bits per heavy atom. The van der Waals surface area contributed by atoms with E-state index in [1.165, 1.54) is 30.2 Å². The molecule has 0 bridgehead atoms. The number of nitrogens with one attached hydrogen (secondary N) is 3. The highest BCUT2D eigenvalue weighted by molar-refractivity contribution is 8.77. The summed E-state index contributed by atoms with van der Waals surface area (Å²) in [5.74, 6) is -0.337. The molecule has 14 nitrogen and oxygen atoms in total. The molecule has 1 rings (SSSR count). The third-order valence-electron chi connectivity index (χ3n) is 5.47. The highest BCUT2D eigenvalue weighted by atomic mass is 33.1. The summed E-state index contributed by atoms with van der Waals surface area (Å²) in [5, 5.41) is 28.6. The zero-order chi connectivity index (χ0) is 30.7. The fourth-order valence-electron chi connectivity index (χ4n) is 2.98. The lowest BCUT2D eigenvalue weighted by molar-refractivity contribution is -0.385. The first-order chi connectivity index (χ1) is 19.5. The van der Waals surface area contributed by atoms with Crippen LogP contribution in [0.1, 0.15) is 52.9 Å². The number of aromatic nitrogens is 1. The number of carbonyl (C=O) groups excluding carboxylic acids is 3. The molecule has 0 aliphatic rings. The number of carbonyl (C=O) groups is 3. The number of nitrogens with zero attached hydrogens (tertiary/aromatic N) is 2. The number of methoxy groups -OCH3 is 1. The van der Waals surface area contributed by atoms with Gasteiger partial charge in [-0.05, 0) is 50.0 Å². The van der Waals surface area contributed by atoms with Crippen LogP contribution in [0.4, 0.5) is 10.5 Å². The molecule has 0 spiro atoms. The smallest absolute Gasteiger partial charge is 0.407 e. The van der Waals surface area contributed by atoms with Crippen molar-refractivity contribution >= 4 is 45.2 Å². The zero-order valence-electron chi connectivity index (χ0n) is 23.9. The maximum absolute atomic E-state index is 12.2. The van der Waals surface area contributed by atoms with Gasteiger partial charge in [-0.15, -0.1) is 0 Å². The van der Waals surface area contributed by atoms with Crippen LogP contribution in [0.25, 0.3) is 0 Å². The van der Waals surface area contributed by atoms with Crippen LogP contribution in [0.15, 0.2) is 23.4 Å². The number of rotatable bonds is 21. The van der Waals surface area contributed by atoms with E-state index in [1.807, 2.05) is 20.8 Å². The Labute approximate surface area is 248 Å². The fourth-order valence-corrected chi connectivity index (χ4v) is 5.18. The lowest BCUT2D eigenvalue weighted by Gasteiger charge is -2.22. The van der Waals surface area contributed by atoms with Crippen molar-refractivity contribution in [3.63, 3.8) is 0 Å². The molecule has 0 fully saturated rings. The number of alkyl carbamates (subject to hydrolysis) is 1. The van der Waals surface area contributed by atoms with Crippen LogP contribution in [-0.2, 0) is 23.8 Å². The molecule has 0 saturated carbocycles. The summed E-state index contributed by atoms with van der Waals surface area (Å²) in [4.78, 5) is 50.2. The number of hydrogen-bond donors (Lipinski definition) is 4. The summed E-state index contributed by atoms with van der Waals surface area (Å²) in [6, 6.07) is 3.01. The van der Waals surface area contributed by atoms with Crippen LogP contribution in [0, 0.1) is 10.1 Å². The molecule has 0 aliphatic carbocycles. The topological polar surface area (TPSA) is 191 Å². The lowest BCUT2D eigenvalue weighted by atomic mass is 10.1. The van der Waals surface area contributed by atoms with E-state index in [2.05, 4.69) is 20.9 Å². The third-order valence-corrected chi connectivity index (χ3v) is 8.74. The molecule has 1 heterocycles. The molecule has 2 atom stereocenters. The van der Waals surface area contributed by atoms with Gasteiger partial charge in [-0.25, -0.2) is 9.78 Å². The van der Waals surface area contributed by atoms with Gasteiger partial charge in [0.1, 0.15) is 17.8 Å². The molecule has 232 valence electrons. The summed E-state index contributed by atoms with van der Waals surface area (Å²) in [6.45, 7) is 6.41. The lowest BCUT2D eigenvalue weighted by Crippen LogP contribution is -2.35. The molecular weight excluding hydrogens is 578 g/mol. The Hall–Kier alpha value is -2.66. The van der Waals surface area contributed by atoms with Crippen LogP contribution in [0.3, 0.4) is 0 Å². The third kappa shape index (κ3) is 17.0. The van der Waals surface area contributed by atoms with E-state index in [-0.39, 0.29) is 48.4 Å². The number of nitro groups is 1. The highest BCUT2D eigenvalue weighted by Crippen LogP contribution is 2.42. The predicted octanol–water partition coefficient (Wildman–Crippen LogP) is 2.79. The van der Waals surface area contributed by atoms with Crippen molar-refractivity contribution in [1.82, 2.24) is 20.9 Å². The standard InChI is InChI=1S/C25H41N5O9S2/c1-5-19(16-31)39-23(37-4)17-38-24(34)28-14-10-21(33)27-13-6-12-26-20(32)9-11-25(2,3)41-40-22-8-7-18(15-29-22)30(35)36/h7-8,15,19,23,31H,5-6,9-14,16-17H2,1-4H3,(H,26,32)(H,27,33)(H,28,34). The Balaban J connectivity index is 2.12. The van der Waals surface area contributed by atoms with Crippen molar-refractivity contribution in [3.05, 3.63) is 28.4 Å². The Kier molecular flexibility index (Phi) is 18.0. The van der Waals surface area contributed by atoms with E-state index in [9.17, 15) is 29.6 Å². The second-order valence-corrected chi connectivity index (χ2v) is 12.2. The number of aliphatic hydroxyl groups excluding tert-OH is 1. The normalized spacial score (nSPS) is 12.7. The van der Waals surface area contributed by atoms with Gasteiger partial charge < -0.3 is 35.3 Å². The van der Waals surface area contributed by atoms with Crippen LogP contribution >= 0.6 is 21.6 Å². The first-order valence-corrected chi connectivity index (χ1v) is 15.3. The number of aliphatic hydroxyl groups is 1. The first-order valence-electron chi connectivity index (χ1n) is 13.2. The van der Waals surface area contributed by atoms with Gasteiger partial charge in [0.2, 0.25) is 11.8 Å². The molecule has 3 amide bonds. The van der Waals surface area contributed by atoms with Gasteiger partial charge in [-0.2, -0.15) is 0 Å². The first kappa shape index (κ1) is 36.4. The number of ether oxygens (including phenoxy) is 3. The van der Waals surface area contributed by atoms with Gasteiger partial charge in [0.15, 0.2) is 6.29 Å². The highest BCUT2D eigenvalue weighted by Gasteiger charge is 2.21. The predicted molar refractivity (Wildman–Crippen MR) is 155 cm³/mol. The quantitative estimate of drug-likeness (QED) is 0.0518. The summed E-state index contributed by atoms with van der Waals surface area (Å²) in [6.07, 6.45) is 1.43. The van der Waals surface area contributed by atoms with Gasteiger partial charge in [0, 0.05) is 50.4 Å². The van der Waals surface area contributed by atoms with Gasteiger partial charge in [-0.3, -0.25) is 19.7 Å². The molecule has 0 radical (unpaired) electrons. The van der Waals surface area contributed by atoms with Crippen molar-refractivity contribution in [2.24, 2.45) is 0 Å². The average Bonchev–Trinajstić information content (AvgIpc) is 2.95. The van der Waals surface area contributed by atoms with Crippen molar-refractivity contribution in [2.75, 3.05) is 40.0 Å². The van der Waals surface area contributed by atoms with Gasteiger partial charge in [-0.1, -0.05) is 17.7 Å². The molecule has 4 N–H and O–H groups in total. The minimum Gasteiger partial charge on any atom is -0.444 e. The number of pyridine rings is 1. The van der Waals surface area contributed by atoms with E-state index >= 15 is 0 Å². The van der Waals surface area contributed by atoms with Crippen LogP contribution in [-0.4, -0.2) is 90.0 Å². The van der Waals surface area contributed by atoms with E-state index < -0.39 is 23.4 Å². The van der Waals surface area contributed by atoms with Crippen molar-refractivity contribution in [1.29, 1.82) is 0 Å². The van der Waals surface area contributed by atoms with Gasteiger partial charge in [0.25, 0.3) is 5.69 Å². The van der Waals surface area contributed by atoms with Gasteiger partial charge >= 0.3 is 6.09 Å². The molecule has 1 aromatic rings. The average molecular weight is 620 g/mol. The minimum atomic E-state index is -0.807. The van der Waals surface area contributed by atoms with Gasteiger partial charge in [0.05, 0.1) is 17.6 Å². The number of amides is 3. The Morgan fingerprint density at radius 2 is 1.80 bits per heavy atom. The van der Waals surface area contributed by atoms with E-state index in [4.69, 9.17) is 14.2 Å². The monoisotopic (exact) mass is 619 g/mol. The SMILES string of the molecule is CCC(CO)OC(COC(=O)NCCC(=O)NCCCNC(=O)CCC(C)(C)SSc1ccc([N+](=O)[O-])cn1)OC. The zero-order valence-corrected chi connectivity index (χ0v) is 25.5. The molecule has 0 aromatic carbocycles. The summed E-state index contributed by atoms with van der Waals surface area (Å²) in [7, 11) is 4.35. The van der Waals surface area contributed by atoms with Crippen LogP contribution in [0.2, 0.25) is 0 Å². The molecule has 1 aromatic heterocycles. The molecule has 0 aliphatic heterocycles. The molecule has 0 saturated heterocycles. The largest absolute Gasteiger partial charge is 0.444 e. The second kappa shape index (κ2) is 20.3. The summed E-state index contributed by atoms with van der Waals surface area (Å²) < 4.78 is 15.3. The van der Waals surface area contributed by atoms with Crippen molar-refractivity contribution in [2.45, 2.75) is 75.0 Å². The second-order valence-electron chi connectivity index (χ2n) is 9.38. The fraction of sp³-hybridized carbons (Fsp3) is 0.680. The van der Waals surface area contributed by atoms with Crippen LogP contribution in [0.5, 0.6) is 0 Å². The van der Waals surface area contributed by atoms with Crippen molar-refractivity contribution in [3.8, 4) is 0 Å². The van der Waals surface area contributed by atoms with E-state index in [0.717, 1.165) is 0 Å². The van der Waals surface area contributed by atoms with E-state index in [1.54, 1.807) is 16.9 Å². The maximum Gasteiger partial charge on any atom is 0.407 e.